The lowest BCUT2D eigenvalue weighted by Gasteiger charge is -1.97. The van der Waals surface area contributed by atoms with Crippen molar-refractivity contribution in [2.75, 3.05) is 0 Å². The van der Waals surface area contributed by atoms with Crippen molar-refractivity contribution in [2.45, 2.75) is 13.8 Å². The van der Waals surface area contributed by atoms with E-state index in [-0.39, 0.29) is 5.82 Å². The highest BCUT2D eigenvalue weighted by Crippen LogP contribution is 2.37. The smallest absolute Gasteiger partial charge is 0.124 e. The van der Waals surface area contributed by atoms with Crippen molar-refractivity contribution in [3.63, 3.8) is 0 Å². The van der Waals surface area contributed by atoms with Gasteiger partial charge in [-0.05, 0) is 38.1 Å². The molecule has 0 saturated heterocycles. The Morgan fingerprint density at radius 1 is 0.800 bits per heavy atom. The number of nitrogens with zero attached hydrogens (tertiary/aromatic N) is 2. The topological polar surface area (TPSA) is 25.8 Å². The van der Waals surface area contributed by atoms with E-state index in [1.807, 2.05) is 6.92 Å². The number of aromatic nitrogens is 2. The second kappa shape index (κ2) is 6.50. The maximum Gasteiger partial charge on any atom is 0.124 e. The van der Waals surface area contributed by atoms with Crippen LogP contribution in [0.15, 0.2) is 53.9 Å². The number of thiazole rings is 2. The molecule has 4 aromatic rings. The second-order valence-electron chi connectivity index (χ2n) is 5.84. The van der Waals surface area contributed by atoms with E-state index in [4.69, 9.17) is 4.98 Å². The third-order valence-corrected chi connectivity index (χ3v) is 6.04. The summed E-state index contributed by atoms with van der Waals surface area (Å²) in [4.78, 5) is 10.5. The predicted molar refractivity (Wildman–Crippen MR) is 104 cm³/mol. The second-order valence-corrected chi connectivity index (χ2v) is 7.70. The van der Waals surface area contributed by atoms with Gasteiger partial charge in [-0.2, -0.15) is 0 Å². The molecule has 2 heterocycles. The van der Waals surface area contributed by atoms with E-state index in [2.05, 4.69) is 41.6 Å². The van der Waals surface area contributed by atoms with E-state index >= 15 is 0 Å². The number of halogens is 1. The molecule has 0 spiro atoms. The average Bonchev–Trinajstić information content (AvgIpc) is 3.23. The van der Waals surface area contributed by atoms with Gasteiger partial charge < -0.3 is 0 Å². The molecule has 0 amide bonds. The van der Waals surface area contributed by atoms with Gasteiger partial charge in [-0.15, -0.1) is 22.7 Å². The van der Waals surface area contributed by atoms with Crippen LogP contribution in [0.5, 0.6) is 0 Å². The monoisotopic (exact) mass is 366 g/mol. The summed E-state index contributed by atoms with van der Waals surface area (Å²) in [7, 11) is 0. The lowest BCUT2D eigenvalue weighted by molar-refractivity contribution is 0.628. The summed E-state index contributed by atoms with van der Waals surface area (Å²) in [6.07, 6.45) is 0. The quantitative estimate of drug-likeness (QED) is 0.422. The van der Waals surface area contributed by atoms with Gasteiger partial charge in [0.25, 0.3) is 0 Å². The Morgan fingerprint density at radius 3 is 2.16 bits per heavy atom. The summed E-state index contributed by atoms with van der Waals surface area (Å²) in [5.74, 6) is -0.237. The van der Waals surface area contributed by atoms with Crippen molar-refractivity contribution in [3.05, 3.63) is 71.0 Å². The Balaban J connectivity index is 1.69. The molecule has 4 rings (SSSR count). The first-order valence-corrected chi connectivity index (χ1v) is 9.56. The van der Waals surface area contributed by atoms with Crippen LogP contribution in [0, 0.1) is 19.7 Å². The van der Waals surface area contributed by atoms with E-state index in [9.17, 15) is 4.39 Å². The van der Waals surface area contributed by atoms with Crippen LogP contribution in [0.3, 0.4) is 0 Å². The van der Waals surface area contributed by atoms with Gasteiger partial charge in [0.1, 0.15) is 15.8 Å². The molecule has 0 atom stereocenters. The Bertz CT molecular complexity index is 1010. The maximum absolute atomic E-state index is 13.1. The van der Waals surface area contributed by atoms with Crippen molar-refractivity contribution >= 4 is 22.7 Å². The van der Waals surface area contributed by atoms with Gasteiger partial charge in [0.15, 0.2) is 0 Å². The number of benzene rings is 2. The largest absolute Gasteiger partial charge is 0.241 e. The van der Waals surface area contributed by atoms with Crippen molar-refractivity contribution in [3.8, 4) is 31.7 Å². The van der Waals surface area contributed by atoms with Crippen molar-refractivity contribution in [1.82, 2.24) is 9.97 Å². The van der Waals surface area contributed by atoms with Crippen LogP contribution in [0.25, 0.3) is 31.7 Å². The minimum Gasteiger partial charge on any atom is -0.241 e. The average molecular weight is 366 g/mol. The Hall–Kier alpha value is -2.37. The molecule has 0 N–H and O–H groups in total. The first kappa shape index (κ1) is 16.1. The van der Waals surface area contributed by atoms with Crippen LogP contribution in [0.2, 0.25) is 0 Å². The van der Waals surface area contributed by atoms with Crippen LogP contribution in [-0.4, -0.2) is 9.97 Å². The maximum atomic E-state index is 13.1. The molecule has 0 saturated carbocycles. The molecule has 0 fully saturated rings. The highest BCUT2D eigenvalue weighted by molar-refractivity contribution is 7.19. The van der Waals surface area contributed by atoms with Crippen LogP contribution < -0.4 is 0 Å². The number of rotatable bonds is 3. The molecule has 2 nitrogen and oxygen atoms in total. The number of hydrogen-bond donors (Lipinski definition) is 0. The van der Waals surface area contributed by atoms with Crippen molar-refractivity contribution in [2.24, 2.45) is 0 Å². The van der Waals surface area contributed by atoms with E-state index in [1.54, 1.807) is 34.8 Å². The van der Waals surface area contributed by atoms with E-state index < -0.39 is 0 Å². The number of hydrogen-bond acceptors (Lipinski definition) is 4. The van der Waals surface area contributed by atoms with Crippen LogP contribution >= 0.6 is 22.7 Å². The standard InChI is InChI=1S/C20H15FN2S2/c1-12-3-5-14(6-4-12)19-23-17(11-24-19)18-13(2)22-20(25-18)15-7-9-16(21)10-8-15/h3-11H,1-2H3. The van der Waals surface area contributed by atoms with Crippen LogP contribution in [0.4, 0.5) is 4.39 Å². The molecule has 2 aromatic carbocycles. The molecule has 0 aliphatic rings. The minimum atomic E-state index is -0.237. The molecule has 0 aliphatic carbocycles. The van der Waals surface area contributed by atoms with E-state index in [0.29, 0.717) is 0 Å². The Kier molecular flexibility index (Phi) is 4.19. The molecule has 2 aromatic heterocycles. The normalized spacial score (nSPS) is 11.0. The molecule has 0 bridgehead atoms. The first-order chi connectivity index (χ1) is 12.1. The third-order valence-electron chi connectivity index (χ3n) is 3.92. The van der Waals surface area contributed by atoms with Gasteiger partial charge in [-0.25, -0.2) is 14.4 Å². The molecule has 124 valence electrons. The summed E-state index contributed by atoms with van der Waals surface area (Å²) >= 11 is 3.23. The highest BCUT2D eigenvalue weighted by Gasteiger charge is 2.15. The van der Waals surface area contributed by atoms with Gasteiger partial charge in [-0.1, -0.05) is 29.8 Å². The van der Waals surface area contributed by atoms with Gasteiger partial charge in [0, 0.05) is 16.5 Å². The van der Waals surface area contributed by atoms with Gasteiger partial charge in [0.2, 0.25) is 0 Å². The zero-order valence-electron chi connectivity index (χ0n) is 13.8. The van der Waals surface area contributed by atoms with E-state index in [1.165, 1.54) is 17.7 Å². The zero-order valence-corrected chi connectivity index (χ0v) is 15.4. The number of aryl methyl sites for hydroxylation is 2. The van der Waals surface area contributed by atoms with Gasteiger partial charge >= 0.3 is 0 Å². The fourth-order valence-electron chi connectivity index (χ4n) is 2.56. The van der Waals surface area contributed by atoms with E-state index in [0.717, 1.165) is 37.4 Å². The summed E-state index contributed by atoms with van der Waals surface area (Å²) < 4.78 is 13.1. The molecule has 0 unspecified atom stereocenters. The van der Waals surface area contributed by atoms with Gasteiger partial charge in [-0.3, -0.25) is 0 Å². The molecular weight excluding hydrogens is 351 g/mol. The van der Waals surface area contributed by atoms with Gasteiger partial charge in [0.05, 0.1) is 16.3 Å². The summed E-state index contributed by atoms with van der Waals surface area (Å²) in [5.41, 5.74) is 5.19. The third kappa shape index (κ3) is 3.25. The SMILES string of the molecule is Cc1ccc(-c2nc(-c3sc(-c4ccc(F)cc4)nc3C)cs2)cc1. The molecule has 0 aliphatic heterocycles. The summed E-state index contributed by atoms with van der Waals surface area (Å²) in [6, 6.07) is 14.8. The van der Waals surface area contributed by atoms with Crippen LogP contribution in [0.1, 0.15) is 11.3 Å². The predicted octanol–water partition coefficient (Wildman–Crippen LogP) is 6.36. The fourth-order valence-corrected chi connectivity index (χ4v) is 4.48. The lowest BCUT2D eigenvalue weighted by atomic mass is 10.2. The van der Waals surface area contributed by atoms with Crippen molar-refractivity contribution in [1.29, 1.82) is 0 Å². The van der Waals surface area contributed by atoms with Crippen LogP contribution in [-0.2, 0) is 0 Å². The Morgan fingerprint density at radius 2 is 1.44 bits per heavy atom. The Labute approximate surface area is 153 Å². The molecule has 5 heteroatoms. The molecular formula is C20H15FN2S2. The minimum absolute atomic E-state index is 0.237. The summed E-state index contributed by atoms with van der Waals surface area (Å²) in [5, 5.41) is 3.97. The molecule has 0 radical (unpaired) electrons. The van der Waals surface area contributed by atoms with Crippen molar-refractivity contribution < 1.29 is 4.39 Å². The summed E-state index contributed by atoms with van der Waals surface area (Å²) in [6.45, 7) is 4.07. The lowest BCUT2D eigenvalue weighted by Crippen LogP contribution is -1.80. The highest BCUT2D eigenvalue weighted by atomic mass is 32.1. The first-order valence-electron chi connectivity index (χ1n) is 7.86. The fraction of sp³-hybridized carbons (Fsp3) is 0.100. The molecule has 25 heavy (non-hydrogen) atoms. The zero-order chi connectivity index (χ0) is 17.4.